The van der Waals surface area contributed by atoms with E-state index in [4.69, 9.17) is 16.6 Å². The molecule has 0 bridgehead atoms. The third-order valence-corrected chi connectivity index (χ3v) is 5.75. The molecule has 186 valence electrons. The molecule has 1 amide bonds. The highest BCUT2D eigenvalue weighted by molar-refractivity contribution is 7.80. The lowest BCUT2D eigenvalue weighted by atomic mass is 10.1. The molecule has 0 saturated carbocycles. The maximum atomic E-state index is 12.6. The fourth-order valence-electron chi connectivity index (χ4n) is 3.77. The number of benzene rings is 1. The van der Waals surface area contributed by atoms with E-state index in [1.807, 2.05) is 24.8 Å². The second kappa shape index (κ2) is 11.1. The van der Waals surface area contributed by atoms with Crippen molar-refractivity contribution < 1.29 is 14.0 Å². The minimum atomic E-state index is -0.144. The second-order valence-corrected chi connectivity index (χ2v) is 8.74. The van der Waals surface area contributed by atoms with Gasteiger partial charge < -0.3 is 19.5 Å². The van der Waals surface area contributed by atoms with E-state index in [1.165, 1.54) is 13.2 Å². The molecule has 0 spiro atoms. The maximum Gasteiger partial charge on any atom is 0.289 e. The summed E-state index contributed by atoms with van der Waals surface area (Å²) in [6.45, 7) is 7.34. The quantitative estimate of drug-likeness (QED) is 0.238. The van der Waals surface area contributed by atoms with Gasteiger partial charge in [0.05, 0.1) is 6.26 Å². The van der Waals surface area contributed by atoms with Gasteiger partial charge in [0, 0.05) is 48.8 Å². The number of hydrogen-bond acceptors (Lipinski definition) is 6. The van der Waals surface area contributed by atoms with Gasteiger partial charge in [-0.25, -0.2) is 9.97 Å². The molecule has 11 heteroatoms. The molecule has 1 aliphatic heterocycles. The molecule has 1 aromatic carbocycles. The number of guanidine groups is 1. The summed E-state index contributed by atoms with van der Waals surface area (Å²) in [5.74, 6) is 1.05. The first-order valence-electron chi connectivity index (χ1n) is 11.5. The molecular weight excluding hydrogens is 478 g/mol. The number of furan rings is 1. The molecule has 0 unspecified atom stereocenters. The number of carbonyl (C=O) groups is 2. The average molecular weight is 506 g/mol. The van der Waals surface area contributed by atoms with Crippen molar-refractivity contribution in [1.82, 2.24) is 19.8 Å². The lowest BCUT2D eigenvalue weighted by Crippen LogP contribution is -2.52. The number of nitrogens with one attached hydrogen (secondary N) is 2. The zero-order valence-corrected chi connectivity index (χ0v) is 21.1. The number of aromatic nitrogens is 2. The monoisotopic (exact) mass is 505 g/mol. The van der Waals surface area contributed by atoms with Crippen LogP contribution < -0.4 is 10.6 Å². The molecule has 1 aliphatic rings. The molecule has 0 radical (unpaired) electrons. The Hall–Kier alpha value is -4.12. The van der Waals surface area contributed by atoms with Gasteiger partial charge in [-0.3, -0.25) is 14.9 Å². The third kappa shape index (κ3) is 6.30. The van der Waals surface area contributed by atoms with Crippen LogP contribution >= 0.6 is 12.2 Å². The zero-order chi connectivity index (χ0) is 25.7. The first-order valence-corrected chi connectivity index (χ1v) is 11.9. The number of ketones is 1. The number of rotatable bonds is 4. The first-order chi connectivity index (χ1) is 17.3. The van der Waals surface area contributed by atoms with E-state index in [-0.39, 0.29) is 16.8 Å². The molecule has 0 aliphatic carbocycles. The number of anilines is 2. The van der Waals surface area contributed by atoms with Crippen molar-refractivity contribution in [2.45, 2.75) is 20.8 Å². The maximum absolute atomic E-state index is 12.6. The summed E-state index contributed by atoms with van der Waals surface area (Å²) in [5.41, 5.74) is 2.98. The van der Waals surface area contributed by atoms with Crippen LogP contribution in [0.2, 0.25) is 0 Å². The van der Waals surface area contributed by atoms with Crippen LogP contribution in [-0.4, -0.2) is 68.7 Å². The molecule has 0 atom stereocenters. The lowest BCUT2D eigenvalue weighted by molar-refractivity contribution is 0.0659. The van der Waals surface area contributed by atoms with Crippen LogP contribution in [0.15, 0.2) is 58.1 Å². The molecule has 1 saturated heterocycles. The zero-order valence-electron chi connectivity index (χ0n) is 20.3. The highest BCUT2D eigenvalue weighted by atomic mass is 32.1. The van der Waals surface area contributed by atoms with Crippen molar-refractivity contribution in [2.24, 2.45) is 4.99 Å². The molecular formula is C25H27N7O3S. The minimum Gasteiger partial charge on any atom is -0.459 e. The number of amides is 1. The Bertz CT molecular complexity index is 1260. The van der Waals surface area contributed by atoms with Crippen LogP contribution in [0.1, 0.15) is 39.2 Å². The van der Waals surface area contributed by atoms with Crippen LogP contribution in [0.4, 0.5) is 11.6 Å². The number of hydrogen-bond donors (Lipinski definition) is 2. The number of aryl methyl sites for hydroxylation is 2. The van der Waals surface area contributed by atoms with E-state index < -0.39 is 0 Å². The Balaban J connectivity index is 1.51. The molecule has 2 N–H and O–H groups in total. The van der Waals surface area contributed by atoms with Gasteiger partial charge in [0.15, 0.2) is 11.5 Å². The second-order valence-electron chi connectivity index (χ2n) is 8.35. The topological polar surface area (TPSA) is 116 Å². The molecule has 3 heterocycles. The smallest absolute Gasteiger partial charge is 0.289 e. The largest absolute Gasteiger partial charge is 0.459 e. The van der Waals surface area contributed by atoms with Gasteiger partial charge in [0.2, 0.25) is 17.0 Å². The summed E-state index contributed by atoms with van der Waals surface area (Å²) >= 11 is 5.50. The van der Waals surface area contributed by atoms with Crippen molar-refractivity contribution >= 4 is 46.6 Å². The first kappa shape index (κ1) is 25.0. The van der Waals surface area contributed by atoms with Crippen molar-refractivity contribution in [2.75, 3.05) is 36.8 Å². The van der Waals surface area contributed by atoms with Crippen LogP contribution in [0.5, 0.6) is 0 Å². The van der Waals surface area contributed by atoms with Gasteiger partial charge in [-0.05, 0) is 75.5 Å². The predicted octanol–water partition coefficient (Wildman–Crippen LogP) is 3.51. The summed E-state index contributed by atoms with van der Waals surface area (Å²) in [5, 5.41) is 6.51. The van der Waals surface area contributed by atoms with Crippen molar-refractivity contribution in [1.29, 1.82) is 0 Å². The van der Waals surface area contributed by atoms with E-state index in [0.717, 1.165) is 11.4 Å². The van der Waals surface area contributed by atoms with Crippen molar-refractivity contribution in [3.8, 4) is 0 Å². The Kier molecular flexibility index (Phi) is 7.69. The average Bonchev–Trinajstić information content (AvgIpc) is 3.38. The summed E-state index contributed by atoms with van der Waals surface area (Å²) in [7, 11) is 0. The van der Waals surface area contributed by atoms with E-state index in [9.17, 15) is 9.59 Å². The molecule has 10 nitrogen and oxygen atoms in total. The molecule has 3 aromatic rings. The summed E-state index contributed by atoms with van der Waals surface area (Å²) < 4.78 is 5.25. The molecule has 4 rings (SSSR count). The fraction of sp³-hybridized carbons (Fsp3) is 0.280. The van der Waals surface area contributed by atoms with Gasteiger partial charge in [0.1, 0.15) is 0 Å². The highest BCUT2D eigenvalue weighted by Gasteiger charge is 2.26. The SMILES string of the molecule is CC(=O)c1ccc(NC(=S)/N=C(/Nc2nc(C)cc(C)n2)N2CCN(C(=O)c3ccco3)CC2)cc1. The number of carbonyl (C=O) groups excluding carboxylic acids is 2. The number of piperazine rings is 1. The van der Waals surface area contributed by atoms with E-state index in [1.54, 1.807) is 41.3 Å². The van der Waals surface area contributed by atoms with Crippen molar-refractivity contribution in [3.63, 3.8) is 0 Å². The van der Waals surface area contributed by atoms with Gasteiger partial charge in [0.25, 0.3) is 5.91 Å². The normalized spacial score (nSPS) is 13.9. The van der Waals surface area contributed by atoms with Crippen LogP contribution in [-0.2, 0) is 0 Å². The minimum absolute atomic E-state index is 0.00764. The summed E-state index contributed by atoms with van der Waals surface area (Å²) in [6.07, 6.45) is 1.49. The van der Waals surface area contributed by atoms with E-state index >= 15 is 0 Å². The van der Waals surface area contributed by atoms with Crippen LogP contribution in [0, 0.1) is 13.8 Å². The number of nitrogens with zero attached hydrogens (tertiary/aromatic N) is 5. The predicted molar refractivity (Wildman–Crippen MR) is 141 cm³/mol. The standard InChI is InChI=1S/C25H27N7O3S/c1-16-15-17(2)27-23(26-16)29-24(30-25(36)28-20-8-6-19(7-9-20)18(3)33)32-12-10-31(11-13-32)22(34)21-5-4-14-35-21/h4-9,14-15H,10-13H2,1-3H3,(H2,26,27,28,29,30,36). The Labute approximate surface area is 214 Å². The molecule has 2 aromatic heterocycles. The number of thiocarbonyl (C=S) groups is 1. The van der Waals surface area contributed by atoms with E-state index in [0.29, 0.717) is 55.1 Å². The number of aliphatic imine (C=N–C) groups is 1. The van der Waals surface area contributed by atoms with Gasteiger partial charge in [-0.15, -0.1) is 0 Å². The third-order valence-electron chi connectivity index (χ3n) is 5.55. The van der Waals surface area contributed by atoms with Gasteiger partial charge in [-0.1, -0.05) is 0 Å². The summed E-state index contributed by atoms with van der Waals surface area (Å²) in [6, 6.07) is 12.3. The Morgan fingerprint density at radius 3 is 2.19 bits per heavy atom. The molecule has 1 fully saturated rings. The molecule has 36 heavy (non-hydrogen) atoms. The Morgan fingerprint density at radius 1 is 0.972 bits per heavy atom. The fourth-order valence-corrected chi connectivity index (χ4v) is 3.98. The van der Waals surface area contributed by atoms with Crippen LogP contribution in [0.3, 0.4) is 0 Å². The van der Waals surface area contributed by atoms with Crippen LogP contribution in [0.25, 0.3) is 0 Å². The highest BCUT2D eigenvalue weighted by Crippen LogP contribution is 2.13. The Morgan fingerprint density at radius 2 is 1.61 bits per heavy atom. The lowest BCUT2D eigenvalue weighted by Gasteiger charge is -2.36. The number of Topliss-reactive ketones (excluding diaryl/α,β-unsaturated/α-hetero) is 1. The van der Waals surface area contributed by atoms with Gasteiger partial charge >= 0.3 is 0 Å². The summed E-state index contributed by atoms with van der Waals surface area (Å²) in [4.78, 5) is 41.5. The van der Waals surface area contributed by atoms with Crippen molar-refractivity contribution in [3.05, 3.63) is 71.4 Å². The van der Waals surface area contributed by atoms with Gasteiger partial charge in [-0.2, -0.15) is 4.99 Å². The van der Waals surface area contributed by atoms with E-state index in [2.05, 4.69) is 25.6 Å².